The summed E-state index contributed by atoms with van der Waals surface area (Å²) in [6.07, 6.45) is 4.14. The molecule has 0 aromatic carbocycles. The van der Waals surface area contributed by atoms with Gasteiger partial charge >= 0.3 is 6.03 Å². The summed E-state index contributed by atoms with van der Waals surface area (Å²) in [4.78, 5) is 40.4. The zero-order valence-electron chi connectivity index (χ0n) is 13.2. The number of carbonyl (C=O) groups is 3. The number of nitrogens with one attached hydrogen (secondary N) is 2. The molecule has 0 aromatic heterocycles. The van der Waals surface area contributed by atoms with Crippen LogP contribution in [0, 0.1) is 0 Å². The SMILES string of the molecule is CC(C(=O)N(C)C1CCNC1)N1C(=O)NC2(CCCC2)C1=O. The third kappa shape index (κ3) is 2.27. The van der Waals surface area contributed by atoms with E-state index < -0.39 is 17.6 Å². The van der Waals surface area contributed by atoms with Gasteiger partial charge in [-0.3, -0.25) is 9.59 Å². The van der Waals surface area contributed by atoms with E-state index >= 15 is 0 Å². The van der Waals surface area contributed by atoms with Crippen LogP contribution in [-0.2, 0) is 9.59 Å². The smallest absolute Gasteiger partial charge is 0.325 e. The van der Waals surface area contributed by atoms with Crippen molar-refractivity contribution in [3.63, 3.8) is 0 Å². The number of hydrogen-bond donors (Lipinski definition) is 2. The second-order valence-electron chi connectivity index (χ2n) is 6.67. The molecule has 3 rings (SSSR count). The minimum Gasteiger partial charge on any atom is -0.340 e. The average Bonchev–Trinajstić information content (AvgIpc) is 3.21. The molecule has 22 heavy (non-hydrogen) atoms. The lowest BCUT2D eigenvalue weighted by Crippen LogP contribution is -2.52. The Balaban J connectivity index is 1.73. The van der Waals surface area contributed by atoms with Gasteiger partial charge in [0.2, 0.25) is 5.91 Å². The molecule has 4 amide bonds. The molecule has 7 heteroatoms. The molecule has 3 fully saturated rings. The maximum Gasteiger partial charge on any atom is 0.325 e. The average molecular weight is 308 g/mol. The zero-order chi connectivity index (χ0) is 15.9. The van der Waals surface area contributed by atoms with Crippen LogP contribution >= 0.6 is 0 Å². The van der Waals surface area contributed by atoms with E-state index in [1.165, 1.54) is 0 Å². The molecule has 3 aliphatic rings. The Hall–Kier alpha value is -1.63. The Morgan fingerprint density at radius 2 is 2.05 bits per heavy atom. The summed E-state index contributed by atoms with van der Waals surface area (Å²) in [7, 11) is 1.75. The maximum atomic E-state index is 12.7. The Morgan fingerprint density at radius 3 is 2.64 bits per heavy atom. The van der Waals surface area contributed by atoms with Crippen molar-refractivity contribution in [3.8, 4) is 0 Å². The Labute approximate surface area is 130 Å². The fourth-order valence-corrected chi connectivity index (χ4v) is 3.87. The van der Waals surface area contributed by atoms with Crippen molar-refractivity contribution in [2.75, 3.05) is 20.1 Å². The third-order valence-electron chi connectivity index (χ3n) is 5.32. The minimum atomic E-state index is -0.752. The largest absolute Gasteiger partial charge is 0.340 e. The van der Waals surface area contributed by atoms with Gasteiger partial charge in [0.15, 0.2) is 0 Å². The first-order valence-corrected chi connectivity index (χ1v) is 8.09. The van der Waals surface area contributed by atoms with E-state index in [4.69, 9.17) is 0 Å². The van der Waals surface area contributed by atoms with E-state index in [1.807, 2.05) is 0 Å². The Kier molecular flexibility index (Phi) is 3.84. The minimum absolute atomic E-state index is 0.135. The summed E-state index contributed by atoms with van der Waals surface area (Å²) in [6, 6.07) is -1.04. The maximum absolute atomic E-state index is 12.7. The standard InChI is InChI=1S/C15H24N4O3/c1-10(12(20)18(2)11-5-8-16-9-11)19-13(21)15(17-14(19)22)6-3-4-7-15/h10-11,16H,3-9H2,1-2H3,(H,17,22). The molecule has 1 aliphatic carbocycles. The highest BCUT2D eigenvalue weighted by atomic mass is 16.2. The van der Waals surface area contributed by atoms with Crippen molar-refractivity contribution in [2.24, 2.45) is 0 Å². The number of amides is 4. The molecule has 122 valence electrons. The topological polar surface area (TPSA) is 81.8 Å². The second kappa shape index (κ2) is 5.53. The predicted molar refractivity (Wildman–Crippen MR) is 80.1 cm³/mol. The number of urea groups is 1. The predicted octanol–water partition coefficient (Wildman–Crippen LogP) is 0.0598. The number of carbonyl (C=O) groups excluding carboxylic acids is 3. The van der Waals surface area contributed by atoms with Gasteiger partial charge in [-0.15, -0.1) is 0 Å². The first-order valence-electron chi connectivity index (χ1n) is 8.09. The van der Waals surface area contributed by atoms with Crippen molar-refractivity contribution < 1.29 is 14.4 Å². The molecule has 0 radical (unpaired) electrons. The van der Waals surface area contributed by atoms with Gasteiger partial charge in [-0.2, -0.15) is 0 Å². The van der Waals surface area contributed by atoms with Gasteiger partial charge < -0.3 is 15.5 Å². The normalized spacial score (nSPS) is 28.3. The van der Waals surface area contributed by atoms with Crippen LogP contribution in [0.2, 0.25) is 0 Å². The van der Waals surface area contributed by atoms with E-state index in [2.05, 4.69) is 10.6 Å². The van der Waals surface area contributed by atoms with Crippen LogP contribution in [-0.4, -0.2) is 65.4 Å². The number of likely N-dealkylation sites (N-methyl/N-ethyl adjacent to an activating group) is 1. The van der Waals surface area contributed by atoms with Gasteiger partial charge in [0.25, 0.3) is 5.91 Å². The lowest BCUT2D eigenvalue weighted by molar-refractivity contribution is -0.143. The van der Waals surface area contributed by atoms with E-state index in [1.54, 1.807) is 18.9 Å². The molecule has 2 aliphatic heterocycles. The van der Waals surface area contributed by atoms with Crippen LogP contribution in [0.3, 0.4) is 0 Å². The molecular weight excluding hydrogens is 284 g/mol. The fourth-order valence-electron chi connectivity index (χ4n) is 3.87. The van der Waals surface area contributed by atoms with Crippen LogP contribution in [0.15, 0.2) is 0 Å². The third-order valence-corrected chi connectivity index (χ3v) is 5.32. The zero-order valence-corrected chi connectivity index (χ0v) is 13.2. The highest BCUT2D eigenvalue weighted by Crippen LogP contribution is 2.35. The molecule has 2 N–H and O–H groups in total. The number of imide groups is 1. The van der Waals surface area contributed by atoms with Crippen LogP contribution in [0.5, 0.6) is 0 Å². The quantitative estimate of drug-likeness (QED) is 0.722. The fraction of sp³-hybridized carbons (Fsp3) is 0.800. The molecule has 2 heterocycles. The van der Waals surface area contributed by atoms with Crippen molar-refractivity contribution in [1.82, 2.24) is 20.4 Å². The van der Waals surface area contributed by atoms with E-state index in [-0.39, 0.29) is 17.9 Å². The molecular formula is C15H24N4O3. The van der Waals surface area contributed by atoms with Crippen molar-refractivity contribution >= 4 is 17.8 Å². The van der Waals surface area contributed by atoms with Crippen LogP contribution in [0.25, 0.3) is 0 Å². The lowest BCUT2D eigenvalue weighted by Gasteiger charge is -2.30. The highest BCUT2D eigenvalue weighted by Gasteiger charge is 2.54. The van der Waals surface area contributed by atoms with Gasteiger partial charge in [-0.1, -0.05) is 12.8 Å². The Morgan fingerprint density at radius 1 is 1.36 bits per heavy atom. The summed E-state index contributed by atoms with van der Waals surface area (Å²) in [6.45, 7) is 3.30. The van der Waals surface area contributed by atoms with Crippen molar-refractivity contribution in [1.29, 1.82) is 0 Å². The van der Waals surface area contributed by atoms with E-state index in [0.29, 0.717) is 12.8 Å². The first kappa shape index (κ1) is 15.3. The molecule has 7 nitrogen and oxygen atoms in total. The monoisotopic (exact) mass is 308 g/mol. The van der Waals surface area contributed by atoms with Crippen molar-refractivity contribution in [2.45, 2.75) is 56.7 Å². The van der Waals surface area contributed by atoms with E-state index in [0.717, 1.165) is 37.3 Å². The lowest BCUT2D eigenvalue weighted by atomic mass is 9.97. The molecule has 1 spiro atoms. The number of nitrogens with zero attached hydrogens (tertiary/aromatic N) is 2. The van der Waals surface area contributed by atoms with Gasteiger partial charge in [0.05, 0.1) is 0 Å². The first-order chi connectivity index (χ1) is 10.5. The summed E-state index contributed by atoms with van der Waals surface area (Å²) in [5.41, 5.74) is -0.751. The van der Waals surface area contributed by atoms with Crippen LogP contribution < -0.4 is 10.6 Å². The van der Waals surface area contributed by atoms with Crippen LogP contribution in [0.1, 0.15) is 39.0 Å². The summed E-state index contributed by atoms with van der Waals surface area (Å²) < 4.78 is 0. The van der Waals surface area contributed by atoms with Crippen molar-refractivity contribution in [3.05, 3.63) is 0 Å². The molecule has 0 bridgehead atoms. The molecule has 1 saturated carbocycles. The van der Waals surface area contributed by atoms with E-state index in [9.17, 15) is 14.4 Å². The van der Waals surface area contributed by atoms with Gasteiger partial charge in [-0.05, 0) is 32.7 Å². The molecule has 2 saturated heterocycles. The summed E-state index contributed by atoms with van der Waals surface area (Å²) >= 11 is 0. The highest BCUT2D eigenvalue weighted by molar-refractivity contribution is 6.09. The second-order valence-corrected chi connectivity index (χ2v) is 6.67. The number of rotatable bonds is 3. The molecule has 2 unspecified atom stereocenters. The Bertz CT molecular complexity index is 495. The number of hydrogen-bond acceptors (Lipinski definition) is 4. The molecule has 0 aromatic rings. The van der Waals surface area contributed by atoms with Gasteiger partial charge in [-0.25, -0.2) is 9.69 Å². The van der Waals surface area contributed by atoms with Gasteiger partial charge in [0.1, 0.15) is 11.6 Å². The molecule has 2 atom stereocenters. The summed E-state index contributed by atoms with van der Waals surface area (Å²) in [5.74, 6) is -0.402. The van der Waals surface area contributed by atoms with Crippen LogP contribution in [0.4, 0.5) is 4.79 Å². The summed E-state index contributed by atoms with van der Waals surface area (Å²) in [5, 5.41) is 6.05. The van der Waals surface area contributed by atoms with Gasteiger partial charge in [0, 0.05) is 19.6 Å².